The first-order valence-electron chi connectivity index (χ1n) is 15.6. The zero-order chi connectivity index (χ0) is 35.2. The second kappa shape index (κ2) is 13.6. The van der Waals surface area contributed by atoms with Crippen LogP contribution in [-0.2, 0) is 26.4 Å². The monoisotopic (exact) mass is 718 g/mol. The van der Waals surface area contributed by atoms with Gasteiger partial charge in [0, 0.05) is 35.6 Å². The minimum absolute atomic E-state index is 0.200. The van der Waals surface area contributed by atoms with E-state index in [9.17, 15) is 28.2 Å². The molecule has 259 valence electrons. The molecular weight excluding hydrogens is 678 g/mol. The number of nitrogens with one attached hydrogen (secondary N) is 1. The Labute approximate surface area is 289 Å². The maximum absolute atomic E-state index is 14.2. The first-order chi connectivity index (χ1) is 22.4. The van der Waals surface area contributed by atoms with E-state index in [1.807, 2.05) is 37.4 Å². The number of nitrogens with zero attached hydrogens (tertiary/aromatic N) is 3. The summed E-state index contributed by atoms with van der Waals surface area (Å²) in [6, 6.07) is 7.08. The molecule has 1 aliphatic heterocycles. The number of amides is 1. The number of hydrogen-bond acceptors (Lipinski definition) is 10. The number of carboxylic acid groups (broad SMARTS) is 1. The molecule has 1 saturated carbocycles. The Morgan fingerprint density at radius 3 is 2.62 bits per heavy atom. The highest BCUT2D eigenvalue weighted by Crippen LogP contribution is 2.56. The number of aromatic nitrogens is 2. The number of thiophene rings is 1. The topological polar surface area (TPSA) is 185 Å². The van der Waals surface area contributed by atoms with Gasteiger partial charge in [0.15, 0.2) is 0 Å². The molecule has 5 N–H and O–H groups in total. The van der Waals surface area contributed by atoms with Gasteiger partial charge in [0.1, 0.15) is 17.7 Å². The normalized spacial score (nSPS) is 23.6. The molecule has 1 unspecified atom stereocenters. The van der Waals surface area contributed by atoms with Gasteiger partial charge in [0.2, 0.25) is 5.78 Å². The molecule has 1 amide bonds. The lowest BCUT2D eigenvalue weighted by Gasteiger charge is -2.56. The molecular formula is C33H41ClN5O7S2. The minimum atomic E-state index is -4.16. The first-order valence-corrected chi connectivity index (χ1v) is 18.3. The molecule has 0 spiro atoms. The van der Waals surface area contributed by atoms with Crippen LogP contribution in [0.25, 0.3) is 0 Å². The van der Waals surface area contributed by atoms with Gasteiger partial charge in [-0.15, -0.1) is 11.3 Å². The van der Waals surface area contributed by atoms with Gasteiger partial charge in [-0.2, -0.15) is 8.42 Å². The van der Waals surface area contributed by atoms with Crippen LogP contribution in [0.1, 0.15) is 79.4 Å². The number of fused-ring (bicyclic) bond motifs is 1. The smallest absolute Gasteiger partial charge is 0.408 e. The molecule has 48 heavy (non-hydrogen) atoms. The lowest BCUT2D eigenvalue weighted by atomic mass is 9.57. The van der Waals surface area contributed by atoms with Crippen molar-refractivity contribution in [3.8, 4) is 0 Å². The molecule has 3 heterocycles. The summed E-state index contributed by atoms with van der Waals surface area (Å²) >= 11 is 7.81. The molecule has 15 heteroatoms. The summed E-state index contributed by atoms with van der Waals surface area (Å²) in [6.07, 6.45) is 1.97. The summed E-state index contributed by atoms with van der Waals surface area (Å²) in [5.74, 6) is 0.155. The number of carbonyl (C=O) groups excluding carboxylic acids is 1. The van der Waals surface area contributed by atoms with Crippen LogP contribution < -0.4 is 10.5 Å². The van der Waals surface area contributed by atoms with Crippen LogP contribution in [-0.4, -0.2) is 70.7 Å². The van der Waals surface area contributed by atoms with Gasteiger partial charge in [-0.05, 0) is 70.9 Å². The molecule has 0 bridgehead atoms. The molecule has 3 aromatic rings. The van der Waals surface area contributed by atoms with Crippen LogP contribution in [0.4, 0.5) is 10.6 Å². The number of carbonyl (C=O) groups is 2. The van der Waals surface area contributed by atoms with E-state index >= 15 is 0 Å². The van der Waals surface area contributed by atoms with Crippen LogP contribution in [0.3, 0.4) is 0 Å². The van der Waals surface area contributed by atoms with Crippen molar-refractivity contribution in [1.29, 1.82) is 0 Å². The van der Waals surface area contributed by atoms with E-state index in [4.69, 9.17) is 20.9 Å². The lowest BCUT2D eigenvalue weighted by Crippen LogP contribution is -2.61. The number of rotatable bonds is 10. The number of anilines is 1. The largest absolute Gasteiger partial charge is 0.465 e. The highest BCUT2D eigenvalue weighted by atomic mass is 35.5. The van der Waals surface area contributed by atoms with E-state index in [2.05, 4.69) is 36.1 Å². The van der Waals surface area contributed by atoms with Crippen LogP contribution in [0.2, 0.25) is 5.02 Å². The molecule has 1 aliphatic carbocycles. The molecule has 1 aromatic carbocycles. The molecule has 2 aliphatic rings. The number of benzene rings is 1. The van der Waals surface area contributed by atoms with Gasteiger partial charge in [-0.3, -0.25) is 13.9 Å². The van der Waals surface area contributed by atoms with Gasteiger partial charge in [-0.25, -0.2) is 19.9 Å². The number of aliphatic hydroxyl groups excluding tert-OH is 1. The van der Waals surface area contributed by atoms with Crippen molar-refractivity contribution in [2.45, 2.75) is 71.6 Å². The van der Waals surface area contributed by atoms with E-state index in [-0.39, 0.29) is 48.7 Å². The second-order valence-electron chi connectivity index (χ2n) is 13.9. The van der Waals surface area contributed by atoms with Crippen molar-refractivity contribution in [2.75, 3.05) is 18.5 Å². The lowest BCUT2D eigenvalue weighted by molar-refractivity contribution is 0.0160. The Hall–Kier alpha value is -3.14. The highest BCUT2D eigenvalue weighted by molar-refractivity contribution is 7.84. The fraction of sp³-hybridized carbons (Fsp3) is 0.485. The Bertz CT molecular complexity index is 1790. The van der Waals surface area contributed by atoms with E-state index < -0.39 is 39.4 Å². The number of halogens is 1. The zero-order valence-electron chi connectivity index (χ0n) is 27.4. The van der Waals surface area contributed by atoms with Crippen LogP contribution in [0.5, 0.6) is 0 Å². The Morgan fingerprint density at radius 2 is 1.98 bits per heavy atom. The number of aliphatic hydroxyl groups is 1. The Morgan fingerprint density at radius 1 is 1.25 bits per heavy atom. The minimum Gasteiger partial charge on any atom is -0.465 e. The molecule has 2 aromatic heterocycles. The van der Waals surface area contributed by atoms with Crippen molar-refractivity contribution in [3.05, 3.63) is 80.2 Å². The molecule has 0 saturated heterocycles. The third-order valence-electron chi connectivity index (χ3n) is 9.27. The third-order valence-corrected chi connectivity index (χ3v) is 10.9. The zero-order valence-corrected chi connectivity index (χ0v) is 29.8. The summed E-state index contributed by atoms with van der Waals surface area (Å²) in [5.41, 5.74) is 1.09. The number of ketones is 1. The predicted molar refractivity (Wildman–Crippen MR) is 183 cm³/mol. The van der Waals surface area contributed by atoms with Crippen molar-refractivity contribution in [1.82, 2.24) is 14.9 Å². The average molecular weight is 719 g/mol. The van der Waals surface area contributed by atoms with E-state index in [0.717, 1.165) is 17.0 Å². The quantitative estimate of drug-likeness (QED) is 0.202. The second-order valence-corrected chi connectivity index (χ2v) is 16.4. The number of hydrogen-bond donors (Lipinski definition) is 4. The SMILES string of the molecule is C[C](C)C(C(C)(C)C)[C@]1(c2csc(C(=O)c3cncnc3N[C@@H]3C[C@H](COS(N)(=O)=O)[C@@H](O)C3)c2)c2cc(Cl)ccc2CCN1C(=O)O. The summed E-state index contributed by atoms with van der Waals surface area (Å²) in [4.78, 5) is 37.6. The summed E-state index contributed by atoms with van der Waals surface area (Å²) in [7, 11) is -4.16. The van der Waals surface area contributed by atoms with Gasteiger partial charge in [0.25, 0.3) is 0 Å². The molecule has 1 radical (unpaired) electrons. The van der Waals surface area contributed by atoms with Gasteiger partial charge in [-0.1, -0.05) is 52.3 Å². The predicted octanol–water partition coefficient (Wildman–Crippen LogP) is 5.25. The third kappa shape index (κ3) is 7.10. The van der Waals surface area contributed by atoms with Crippen molar-refractivity contribution >= 4 is 50.9 Å². The van der Waals surface area contributed by atoms with E-state index in [1.165, 1.54) is 28.8 Å². The fourth-order valence-electron chi connectivity index (χ4n) is 7.80. The van der Waals surface area contributed by atoms with Crippen molar-refractivity contribution in [3.63, 3.8) is 0 Å². The van der Waals surface area contributed by atoms with Gasteiger partial charge < -0.3 is 15.5 Å². The average Bonchev–Trinajstić information content (AvgIpc) is 3.61. The standard InChI is InChI=1S/C33H41ClN5O7S2/c1-18(2)29(32(3,4)5)33(25-12-22(34)7-6-19(25)8-9-39(33)31(42)43)21-11-27(47-16-21)28(41)24-14-36-17-37-30(24)38-23-10-20(26(40)13-23)15-46-48(35,44)45/h6-7,11-12,14,16-17,20,23,26,29,40H,8-10,13,15H2,1-5H3,(H,42,43)(H2,35,44,45)(H,36,37,38)/t20-,23-,26+,29?,33+/m1/s1. The van der Waals surface area contributed by atoms with Crippen molar-refractivity contribution < 1.29 is 32.4 Å². The summed E-state index contributed by atoms with van der Waals surface area (Å²) < 4.78 is 27.2. The fourth-order valence-corrected chi connectivity index (χ4v) is 9.25. The summed E-state index contributed by atoms with van der Waals surface area (Å²) in [6.45, 7) is 10.3. The number of nitrogens with two attached hydrogens (primary N) is 1. The van der Waals surface area contributed by atoms with Crippen molar-refractivity contribution in [2.24, 2.45) is 22.4 Å². The van der Waals surface area contributed by atoms with E-state index in [0.29, 0.717) is 28.3 Å². The molecule has 1 fully saturated rings. The first kappa shape index (κ1) is 36.1. The van der Waals surface area contributed by atoms with Crippen LogP contribution in [0.15, 0.2) is 42.2 Å². The molecule has 5 rings (SSSR count). The van der Waals surface area contributed by atoms with Crippen LogP contribution in [0, 0.1) is 23.2 Å². The van der Waals surface area contributed by atoms with E-state index in [1.54, 1.807) is 6.07 Å². The maximum Gasteiger partial charge on any atom is 0.408 e. The molecule has 12 nitrogen and oxygen atoms in total. The molecule has 5 atom stereocenters. The Kier molecular flexibility index (Phi) is 10.3. The highest BCUT2D eigenvalue weighted by Gasteiger charge is 2.57. The van der Waals surface area contributed by atoms with Crippen LogP contribution >= 0.6 is 22.9 Å². The van der Waals surface area contributed by atoms with Gasteiger partial charge >= 0.3 is 16.4 Å². The van der Waals surface area contributed by atoms with Gasteiger partial charge in [0.05, 0.1) is 23.2 Å². The summed E-state index contributed by atoms with van der Waals surface area (Å²) in [5, 5.41) is 31.8. The Balaban J connectivity index is 1.55. The maximum atomic E-state index is 14.2.